The fourth-order valence-electron chi connectivity index (χ4n) is 2.01. The van der Waals surface area contributed by atoms with Crippen LogP contribution < -0.4 is 5.32 Å². The van der Waals surface area contributed by atoms with Crippen LogP contribution in [-0.4, -0.2) is 27.5 Å². The van der Waals surface area contributed by atoms with Gasteiger partial charge in [-0.2, -0.15) is 0 Å². The first kappa shape index (κ1) is 13.0. The Morgan fingerprint density at radius 2 is 2.00 bits per heavy atom. The summed E-state index contributed by atoms with van der Waals surface area (Å²) in [7, 11) is 0. The second-order valence-corrected chi connectivity index (χ2v) is 4.53. The summed E-state index contributed by atoms with van der Waals surface area (Å²) in [6.07, 6.45) is 9.68. The number of carboxylic acids is 1. The first-order valence-electron chi connectivity index (χ1n) is 5.84. The van der Waals surface area contributed by atoms with Crippen LogP contribution in [-0.2, 0) is 4.79 Å². The van der Waals surface area contributed by atoms with Crippen molar-refractivity contribution in [2.45, 2.75) is 12.5 Å². The number of hydrogen-bond acceptors (Lipinski definition) is 3. The highest BCUT2D eigenvalue weighted by Crippen LogP contribution is 2.25. The van der Waals surface area contributed by atoms with Gasteiger partial charge in [-0.3, -0.25) is 14.6 Å². The SMILES string of the molecule is CC1(NC(=O)c2ccncc2)C=CC=CC1C(=O)O. The molecular formula is C14H14N2O3. The van der Waals surface area contributed by atoms with Crippen molar-refractivity contribution < 1.29 is 14.7 Å². The van der Waals surface area contributed by atoms with Crippen LogP contribution in [0.1, 0.15) is 17.3 Å². The van der Waals surface area contributed by atoms with Crippen molar-refractivity contribution in [1.82, 2.24) is 10.3 Å². The number of pyridine rings is 1. The van der Waals surface area contributed by atoms with Crippen LogP contribution in [0.15, 0.2) is 48.8 Å². The van der Waals surface area contributed by atoms with E-state index in [-0.39, 0.29) is 5.91 Å². The Balaban J connectivity index is 2.21. The summed E-state index contributed by atoms with van der Waals surface area (Å²) in [6, 6.07) is 3.16. The number of nitrogens with zero attached hydrogens (tertiary/aromatic N) is 1. The van der Waals surface area contributed by atoms with Gasteiger partial charge >= 0.3 is 5.97 Å². The topological polar surface area (TPSA) is 79.3 Å². The van der Waals surface area contributed by atoms with Crippen LogP contribution in [0.3, 0.4) is 0 Å². The molecular weight excluding hydrogens is 244 g/mol. The number of hydrogen-bond donors (Lipinski definition) is 2. The van der Waals surface area contributed by atoms with Gasteiger partial charge in [-0.15, -0.1) is 0 Å². The van der Waals surface area contributed by atoms with E-state index < -0.39 is 17.4 Å². The first-order chi connectivity index (χ1) is 9.03. The second-order valence-electron chi connectivity index (χ2n) is 4.53. The van der Waals surface area contributed by atoms with Gasteiger partial charge in [0.25, 0.3) is 5.91 Å². The van der Waals surface area contributed by atoms with Crippen molar-refractivity contribution in [3.63, 3.8) is 0 Å². The van der Waals surface area contributed by atoms with E-state index in [1.54, 1.807) is 43.4 Å². The largest absolute Gasteiger partial charge is 0.481 e. The lowest BCUT2D eigenvalue weighted by Crippen LogP contribution is -2.52. The van der Waals surface area contributed by atoms with Crippen molar-refractivity contribution in [1.29, 1.82) is 0 Å². The van der Waals surface area contributed by atoms with E-state index in [0.29, 0.717) is 5.56 Å². The maximum atomic E-state index is 12.1. The molecule has 0 saturated heterocycles. The van der Waals surface area contributed by atoms with E-state index in [9.17, 15) is 14.7 Å². The zero-order chi connectivity index (χ0) is 13.9. The number of rotatable bonds is 3. The minimum atomic E-state index is -0.974. The normalized spacial score (nSPS) is 25.0. The highest BCUT2D eigenvalue weighted by Gasteiger charge is 2.38. The van der Waals surface area contributed by atoms with Gasteiger partial charge in [0.05, 0.1) is 5.54 Å². The molecule has 0 aromatic carbocycles. The molecule has 1 amide bonds. The molecule has 2 rings (SSSR count). The maximum Gasteiger partial charge on any atom is 0.313 e. The number of aliphatic carboxylic acids is 1. The Labute approximate surface area is 110 Å². The van der Waals surface area contributed by atoms with E-state index in [2.05, 4.69) is 10.3 Å². The molecule has 1 aliphatic carbocycles. The van der Waals surface area contributed by atoms with E-state index >= 15 is 0 Å². The van der Waals surface area contributed by atoms with Crippen LogP contribution in [0.2, 0.25) is 0 Å². The van der Waals surface area contributed by atoms with Crippen LogP contribution >= 0.6 is 0 Å². The molecule has 0 aliphatic heterocycles. The molecule has 1 aromatic rings. The Kier molecular flexibility index (Phi) is 3.46. The standard InChI is InChI=1S/C14H14N2O3/c1-14(7-3-2-4-11(14)13(18)19)16-12(17)10-5-8-15-9-6-10/h2-9,11H,1H3,(H,16,17)(H,18,19). The lowest BCUT2D eigenvalue weighted by Gasteiger charge is -2.33. The predicted molar refractivity (Wildman–Crippen MR) is 69.5 cm³/mol. The van der Waals surface area contributed by atoms with Crippen LogP contribution in [0, 0.1) is 5.92 Å². The minimum Gasteiger partial charge on any atom is -0.481 e. The Hall–Kier alpha value is -2.43. The molecule has 0 radical (unpaired) electrons. The monoisotopic (exact) mass is 258 g/mol. The predicted octanol–water partition coefficient (Wildman–Crippen LogP) is 1.40. The van der Waals surface area contributed by atoms with Crippen LogP contribution in [0.4, 0.5) is 0 Å². The molecule has 2 N–H and O–H groups in total. The van der Waals surface area contributed by atoms with Crippen molar-refractivity contribution in [2.75, 3.05) is 0 Å². The van der Waals surface area contributed by atoms with Gasteiger partial charge in [-0.25, -0.2) is 0 Å². The smallest absolute Gasteiger partial charge is 0.313 e. The molecule has 19 heavy (non-hydrogen) atoms. The molecule has 5 heteroatoms. The van der Waals surface area contributed by atoms with Gasteiger partial charge in [0, 0.05) is 18.0 Å². The average molecular weight is 258 g/mol. The number of nitrogens with one attached hydrogen (secondary N) is 1. The van der Waals surface area contributed by atoms with E-state index in [1.165, 1.54) is 12.4 Å². The zero-order valence-corrected chi connectivity index (χ0v) is 10.4. The third kappa shape index (κ3) is 2.70. The van der Waals surface area contributed by atoms with Gasteiger partial charge in [0.1, 0.15) is 5.92 Å². The summed E-state index contributed by atoms with van der Waals surface area (Å²) in [5.74, 6) is -2.09. The molecule has 0 spiro atoms. The lowest BCUT2D eigenvalue weighted by atomic mass is 9.82. The van der Waals surface area contributed by atoms with Crippen molar-refractivity contribution >= 4 is 11.9 Å². The number of carbonyl (C=O) groups excluding carboxylic acids is 1. The molecule has 98 valence electrons. The molecule has 1 aliphatic rings. The lowest BCUT2D eigenvalue weighted by molar-refractivity contribution is -0.141. The van der Waals surface area contributed by atoms with Crippen molar-refractivity contribution in [2.24, 2.45) is 5.92 Å². The summed E-state index contributed by atoms with van der Waals surface area (Å²) in [5, 5.41) is 12.0. The van der Waals surface area contributed by atoms with Gasteiger partial charge in [0.15, 0.2) is 0 Å². The molecule has 0 saturated carbocycles. The molecule has 2 atom stereocenters. The van der Waals surface area contributed by atoms with Crippen LogP contribution in [0.25, 0.3) is 0 Å². The number of carboxylic acid groups (broad SMARTS) is 1. The fourth-order valence-corrected chi connectivity index (χ4v) is 2.01. The molecule has 0 bridgehead atoms. The number of carbonyl (C=O) groups is 2. The van der Waals surface area contributed by atoms with Crippen molar-refractivity contribution in [3.05, 3.63) is 54.4 Å². The van der Waals surface area contributed by atoms with Gasteiger partial charge in [0.2, 0.25) is 0 Å². The Morgan fingerprint density at radius 1 is 1.32 bits per heavy atom. The summed E-state index contributed by atoms with van der Waals surface area (Å²) in [6.45, 7) is 1.69. The summed E-state index contributed by atoms with van der Waals surface area (Å²) >= 11 is 0. The van der Waals surface area contributed by atoms with Gasteiger partial charge in [-0.05, 0) is 19.1 Å². The molecule has 1 aromatic heterocycles. The minimum absolute atomic E-state index is 0.323. The average Bonchev–Trinajstić information content (AvgIpc) is 2.39. The first-order valence-corrected chi connectivity index (χ1v) is 5.84. The summed E-state index contributed by atoms with van der Waals surface area (Å²) in [5.41, 5.74) is -0.496. The highest BCUT2D eigenvalue weighted by molar-refractivity contribution is 5.95. The Bertz CT molecular complexity index is 551. The maximum absolute atomic E-state index is 12.1. The number of aromatic nitrogens is 1. The van der Waals surface area contributed by atoms with Crippen LogP contribution in [0.5, 0.6) is 0 Å². The number of allylic oxidation sites excluding steroid dienone is 2. The molecule has 2 unspecified atom stereocenters. The summed E-state index contributed by atoms with van der Waals surface area (Å²) < 4.78 is 0. The molecule has 1 heterocycles. The number of amides is 1. The van der Waals surface area contributed by atoms with E-state index in [1.807, 2.05) is 0 Å². The van der Waals surface area contributed by atoms with Gasteiger partial charge in [-0.1, -0.05) is 24.3 Å². The van der Waals surface area contributed by atoms with Gasteiger partial charge < -0.3 is 10.4 Å². The second kappa shape index (κ2) is 5.06. The highest BCUT2D eigenvalue weighted by atomic mass is 16.4. The fraction of sp³-hybridized carbons (Fsp3) is 0.214. The third-order valence-corrected chi connectivity index (χ3v) is 3.09. The van der Waals surface area contributed by atoms with Crippen molar-refractivity contribution in [3.8, 4) is 0 Å². The molecule has 5 nitrogen and oxygen atoms in total. The molecule has 0 fully saturated rings. The van der Waals surface area contributed by atoms with E-state index in [4.69, 9.17) is 0 Å². The zero-order valence-electron chi connectivity index (χ0n) is 10.4. The third-order valence-electron chi connectivity index (χ3n) is 3.09. The summed E-state index contributed by atoms with van der Waals surface area (Å²) in [4.78, 5) is 27.2. The quantitative estimate of drug-likeness (QED) is 0.858. The van der Waals surface area contributed by atoms with E-state index in [0.717, 1.165) is 0 Å². The Morgan fingerprint density at radius 3 is 2.63 bits per heavy atom.